The van der Waals surface area contributed by atoms with Crippen LogP contribution in [0.1, 0.15) is 32.6 Å². The number of carbonyl (C=O) groups excluding carboxylic acids is 6. The molecule has 1 aliphatic rings. The first-order chi connectivity index (χ1) is 44.3. The van der Waals surface area contributed by atoms with Gasteiger partial charge in [0.05, 0.1) is 39.5 Å². The molecule has 550 valence electrons. The second-order valence-electron chi connectivity index (χ2n) is 22.5. The van der Waals surface area contributed by atoms with Gasteiger partial charge in [0.15, 0.2) is 24.4 Å². The first-order valence-electron chi connectivity index (χ1n) is 29.4. The fourth-order valence-electron chi connectivity index (χ4n) is 9.70. The Bertz CT molecular complexity index is 2200. The van der Waals surface area contributed by atoms with E-state index in [-0.39, 0.29) is 0 Å². The molecule has 43 nitrogen and oxygen atoms in total. The molecule has 18 unspecified atom stereocenters. The molecule has 95 heavy (non-hydrogen) atoms. The molecule has 0 saturated carbocycles. The smallest absolute Gasteiger partial charge is 0.320 e. The maximum Gasteiger partial charge on any atom is 0.320 e. The Hall–Kier alpha value is -6.22. The summed E-state index contributed by atoms with van der Waals surface area (Å²) in [6.07, 6.45) is -39.3. The van der Waals surface area contributed by atoms with Crippen molar-refractivity contribution >= 4 is 59.3 Å². The summed E-state index contributed by atoms with van der Waals surface area (Å²) in [6.45, 7) is -12.3. The molecule has 0 spiro atoms. The first-order valence-corrected chi connectivity index (χ1v) is 29.4. The van der Waals surface area contributed by atoms with Crippen molar-refractivity contribution in [1.29, 1.82) is 0 Å². The molecular weight excluding hydrogens is 1290 g/mol. The summed E-state index contributed by atoms with van der Waals surface area (Å²) < 4.78 is 0. The van der Waals surface area contributed by atoms with E-state index in [1.165, 1.54) is 6.92 Å². The molecule has 28 N–H and O–H groups in total. The molecule has 0 aromatic heterocycles. The maximum absolute atomic E-state index is 14.1. The molecule has 0 aromatic rings. The Morgan fingerprint density at radius 3 is 0.821 bits per heavy atom. The number of aliphatic hydroxyl groups is 20. The average Bonchev–Trinajstić information content (AvgIpc) is 1.72. The number of aliphatic hydroxyl groups excluding tert-OH is 20. The largest absolute Gasteiger partial charge is 0.480 e. The van der Waals surface area contributed by atoms with Crippen molar-refractivity contribution in [2.45, 2.75) is 148 Å². The van der Waals surface area contributed by atoms with Crippen LogP contribution < -0.4 is 21.3 Å². The molecule has 1 rings (SSSR count). The van der Waals surface area contributed by atoms with Gasteiger partial charge in [0.1, 0.15) is 85.3 Å². The Morgan fingerprint density at radius 1 is 0.389 bits per heavy atom. The van der Waals surface area contributed by atoms with Crippen molar-refractivity contribution in [3.05, 3.63) is 0 Å². The number of aliphatic carboxylic acids is 4. The van der Waals surface area contributed by atoms with Crippen LogP contribution in [0.25, 0.3) is 0 Å². The van der Waals surface area contributed by atoms with E-state index in [1.54, 1.807) is 0 Å². The van der Waals surface area contributed by atoms with Gasteiger partial charge in [0.25, 0.3) is 23.6 Å². The van der Waals surface area contributed by atoms with Crippen LogP contribution in [0.2, 0.25) is 0 Å². The third kappa shape index (κ3) is 27.7. The topological polar surface area (TPSA) is 721 Å². The third-order valence-corrected chi connectivity index (χ3v) is 15.4. The van der Waals surface area contributed by atoms with Gasteiger partial charge in [-0.1, -0.05) is 0 Å². The number of nitrogens with zero attached hydrogens (tertiary/aromatic N) is 5. The summed E-state index contributed by atoms with van der Waals surface area (Å²) in [5, 5.41) is 247. The Kier molecular flexibility index (Phi) is 38.8. The summed E-state index contributed by atoms with van der Waals surface area (Å²) in [5.74, 6) is -14.1. The molecular formula is C52H93N9O34. The summed E-state index contributed by atoms with van der Waals surface area (Å²) in [7, 11) is 0. The van der Waals surface area contributed by atoms with E-state index in [2.05, 4.69) is 21.3 Å². The van der Waals surface area contributed by atoms with Gasteiger partial charge in [-0.3, -0.25) is 62.6 Å². The van der Waals surface area contributed by atoms with E-state index in [0.29, 0.717) is 0 Å². The molecule has 18 atom stereocenters. The lowest BCUT2D eigenvalue weighted by Crippen LogP contribution is -2.62. The van der Waals surface area contributed by atoms with E-state index in [0.717, 1.165) is 24.5 Å². The van der Waals surface area contributed by atoms with Crippen LogP contribution in [0.5, 0.6) is 0 Å². The van der Waals surface area contributed by atoms with Crippen LogP contribution in [0.15, 0.2) is 0 Å². The van der Waals surface area contributed by atoms with Crippen molar-refractivity contribution < 1.29 is 171 Å². The Labute approximate surface area is 540 Å². The van der Waals surface area contributed by atoms with Crippen LogP contribution >= 0.6 is 0 Å². The SMILES string of the molecule is CC1(N(CC(=O)O)CC(=O)O)CN(C(CCC(=O)N(CCNC(=O)C(O)C(O)C(O)C(O)CO)CCNC(=O)C(O)C(O)C(O)C(O)CO)C(=O)O)CCN(C(CCC(=O)N(CCNC(=O)C(O)C(O)C(O)C(O)CO)CCNC(=O)C(O)C(O)C(O)C(O)CO)C(=O)O)C1. The van der Waals surface area contributed by atoms with E-state index < -0.39 is 318 Å². The zero-order valence-electron chi connectivity index (χ0n) is 51.5. The second-order valence-corrected chi connectivity index (χ2v) is 22.5. The van der Waals surface area contributed by atoms with Crippen LogP contribution in [-0.2, 0) is 47.9 Å². The quantitative estimate of drug-likeness (QED) is 0.0269. The number of hydrogen-bond acceptors (Lipinski definition) is 33. The summed E-state index contributed by atoms with van der Waals surface area (Å²) >= 11 is 0. The van der Waals surface area contributed by atoms with Crippen LogP contribution in [0.4, 0.5) is 0 Å². The van der Waals surface area contributed by atoms with Crippen LogP contribution in [0.3, 0.4) is 0 Å². The minimum Gasteiger partial charge on any atom is -0.480 e. The summed E-state index contributed by atoms with van der Waals surface area (Å²) in [5.41, 5.74) is -1.88. The minimum atomic E-state index is -2.46. The highest BCUT2D eigenvalue weighted by atomic mass is 16.4. The fraction of sp³-hybridized carbons (Fsp3) is 0.808. The van der Waals surface area contributed by atoms with Gasteiger partial charge >= 0.3 is 23.9 Å². The predicted octanol–water partition coefficient (Wildman–Crippen LogP) is -17.8. The number of amides is 6. The summed E-state index contributed by atoms with van der Waals surface area (Å²) in [6, 6.07) is -3.60. The highest BCUT2D eigenvalue weighted by Gasteiger charge is 2.46. The van der Waals surface area contributed by atoms with E-state index >= 15 is 0 Å². The standard InChI is InChI=1S/C52H93N9O34/c1-52(61(16-32(72)73)17-33(74)75)22-59(24(50(92)93)2-4-30(70)57(10-6-53-46(88)42(84)38(80)34(76)26(66)18-62)11-7-54-47(89)43(85)39(81)35(77)27(67)19-63)14-15-60(23-52)25(51(94)95)3-5-31(71)58(12-8-55-48(90)44(86)40(82)36(78)28(68)20-64)13-9-56-49(91)45(87)41(83)37(79)29(69)21-65/h24-29,34-45,62-69,76-87H,2-23H2,1H3,(H,53,88)(H,54,89)(H,55,90)(H,56,91)(H,72,73)(H,74,75)(H,92,93)(H,94,95). The fourth-order valence-corrected chi connectivity index (χ4v) is 9.70. The lowest BCUT2D eigenvalue weighted by molar-refractivity contribution is -0.150. The number of carboxylic acids is 4. The van der Waals surface area contributed by atoms with E-state index in [4.69, 9.17) is 20.4 Å². The molecule has 0 aromatic carbocycles. The molecule has 0 radical (unpaired) electrons. The van der Waals surface area contributed by atoms with Crippen molar-refractivity contribution in [1.82, 2.24) is 45.8 Å². The number of carboxylic acid groups (broad SMARTS) is 4. The number of rotatable bonds is 47. The van der Waals surface area contributed by atoms with Gasteiger partial charge < -0.3 is 154 Å². The van der Waals surface area contributed by atoms with Gasteiger partial charge in [-0.2, -0.15) is 0 Å². The molecule has 1 aliphatic heterocycles. The number of carbonyl (C=O) groups is 10. The van der Waals surface area contributed by atoms with E-state index in [9.17, 15) is 150 Å². The molecule has 0 bridgehead atoms. The highest BCUT2D eigenvalue weighted by Crippen LogP contribution is 2.27. The minimum absolute atomic E-state index is 0.469. The number of nitrogens with one attached hydrogen (secondary N) is 4. The van der Waals surface area contributed by atoms with Crippen molar-refractivity contribution in [3.63, 3.8) is 0 Å². The normalized spacial score (nSPS) is 20.5. The van der Waals surface area contributed by atoms with Crippen molar-refractivity contribution in [3.8, 4) is 0 Å². The molecule has 6 amide bonds. The summed E-state index contributed by atoms with van der Waals surface area (Å²) in [4.78, 5) is 135. The van der Waals surface area contributed by atoms with Crippen LogP contribution in [0, 0.1) is 0 Å². The van der Waals surface area contributed by atoms with Gasteiger partial charge in [0, 0.05) is 96.9 Å². The Balaban J connectivity index is 3.74. The van der Waals surface area contributed by atoms with Gasteiger partial charge in [0.2, 0.25) is 11.8 Å². The first kappa shape index (κ1) is 86.8. The van der Waals surface area contributed by atoms with Gasteiger partial charge in [-0.15, -0.1) is 0 Å². The Morgan fingerprint density at radius 2 is 0.621 bits per heavy atom. The average molecular weight is 1390 g/mol. The van der Waals surface area contributed by atoms with Crippen LogP contribution in [-0.4, -0.2) is 440 Å². The van der Waals surface area contributed by atoms with Crippen molar-refractivity contribution in [2.24, 2.45) is 0 Å². The van der Waals surface area contributed by atoms with E-state index in [1.807, 2.05) is 0 Å². The monoisotopic (exact) mass is 1390 g/mol. The molecule has 1 saturated heterocycles. The molecule has 1 fully saturated rings. The predicted molar refractivity (Wildman–Crippen MR) is 309 cm³/mol. The molecule has 1 heterocycles. The highest BCUT2D eigenvalue weighted by molar-refractivity contribution is 5.84. The number of hydrogen-bond donors (Lipinski definition) is 28. The zero-order chi connectivity index (χ0) is 72.9. The van der Waals surface area contributed by atoms with Gasteiger partial charge in [-0.25, -0.2) is 0 Å². The zero-order valence-corrected chi connectivity index (χ0v) is 51.5. The van der Waals surface area contributed by atoms with Crippen molar-refractivity contribution in [2.75, 3.05) is 118 Å². The third-order valence-electron chi connectivity index (χ3n) is 15.4. The second kappa shape index (κ2) is 42.5. The lowest BCUT2D eigenvalue weighted by Gasteiger charge is -2.44. The molecule has 0 aliphatic carbocycles. The van der Waals surface area contributed by atoms with Gasteiger partial charge in [-0.05, 0) is 19.8 Å². The molecule has 43 heteroatoms. The maximum atomic E-state index is 14.1. The lowest BCUT2D eigenvalue weighted by atomic mass is 9.95.